The molecule has 2 aromatic rings. The van der Waals surface area contributed by atoms with Crippen LogP contribution in [0.25, 0.3) is 0 Å². The highest BCUT2D eigenvalue weighted by Crippen LogP contribution is 2.24. The minimum Gasteiger partial charge on any atom is -0.478 e. The molecule has 1 N–H and O–H groups in total. The zero-order valence-corrected chi connectivity index (χ0v) is 14.0. The molecule has 126 valence electrons. The Labute approximate surface area is 144 Å². The lowest BCUT2D eigenvalue weighted by Crippen LogP contribution is -2.40. The van der Waals surface area contributed by atoms with Crippen molar-refractivity contribution in [2.24, 2.45) is 0 Å². The molecule has 7 heteroatoms. The lowest BCUT2D eigenvalue weighted by atomic mass is 10.1. The van der Waals surface area contributed by atoms with Gasteiger partial charge in [-0.3, -0.25) is 9.48 Å². The molecular weight excluding hydrogens is 326 g/mol. The molecule has 0 bridgehead atoms. The minimum atomic E-state index is -0.966. The molecule has 1 aromatic heterocycles. The van der Waals surface area contributed by atoms with Crippen molar-refractivity contribution in [2.75, 3.05) is 18.8 Å². The standard InChI is InChI=1S/C17H19N3O3S/c21-16(12-24-15-4-2-1-3-5-15)19-8-6-14(7-9-19)20-11-13(10-18-20)17(22)23/h1-5,10-11,14H,6-9,12H2,(H,22,23). The van der Waals surface area contributed by atoms with E-state index in [-0.39, 0.29) is 17.5 Å². The fourth-order valence-electron chi connectivity index (χ4n) is 2.78. The number of hydrogen-bond donors (Lipinski definition) is 1. The molecule has 1 aliphatic heterocycles. The third kappa shape index (κ3) is 3.97. The first-order chi connectivity index (χ1) is 11.6. The summed E-state index contributed by atoms with van der Waals surface area (Å²) < 4.78 is 1.71. The smallest absolute Gasteiger partial charge is 0.338 e. The van der Waals surface area contributed by atoms with Crippen molar-refractivity contribution in [3.63, 3.8) is 0 Å². The molecule has 0 radical (unpaired) electrons. The number of likely N-dealkylation sites (tertiary alicyclic amines) is 1. The van der Waals surface area contributed by atoms with E-state index >= 15 is 0 Å². The number of aromatic carboxylic acids is 1. The Hall–Kier alpha value is -2.28. The lowest BCUT2D eigenvalue weighted by molar-refractivity contribution is -0.129. The fourth-order valence-corrected chi connectivity index (χ4v) is 3.60. The normalized spacial score (nSPS) is 15.4. The Morgan fingerprint density at radius 3 is 2.54 bits per heavy atom. The Morgan fingerprint density at radius 2 is 1.92 bits per heavy atom. The molecular formula is C17H19N3O3S. The molecule has 1 aliphatic rings. The zero-order chi connectivity index (χ0) is 16.9. The number of rotatable bonds is 5. The number of piperidine rings is 1. The van der Waals surface area contributed by atoms with Crippen LogP contribution in [-0.4, -0.2) is 50.5 Å². The van der Waals surface area contributed by atoms with Gasteiger partial charge in [0.25, 0.3) is 0 Å². The van der Waals surface area contributed by atoms with Crippen LogP contribution in [0.3, 0.4) is 0 Å². The van der Waals surface area contributed by atoms with E-state index in [2.05, 4.69) is 5.10 Å². The number of carboxylic acid groups (broad SMARTS) is 1. The van der Waals surface area contributed by atoms with Gasteiger partial charge >= 0.3 is 5.97 Å². The molecule has 0 unspecified atom stereocenters. The van der Waals surface area contributed by atoms with Gasteiger partial charge in [-0.05, 0) is 25.0 Å². The van der Waals surface area contributed by atoms with Crippen molar-refractivity contribution in [2.45, 2.75) is 23.8 Å². The molecule has 3 rings (SSSR count). The van der Waals surface area contributed by atoms with Gasteiger partial charge in [-0.15, -0.1) is 11.8 Å². The van der Waals surface area contributed by atoms with Gasteiger partial charge in [0.2, 0.25) is 5.91 Å². The number of amides is 1. The number of carbonyl (C=O) groups excluding carboxylic acids is 1. The number of aromatic nitrogens is 2. The van der Waals surface area contributed by atoms with Crippen LogP contribution >= 0.6 is 11.8 Å². The van der Waals surface area contributed by atoms with Gasteiger partial charge in [-0.2, -0.15) is 5.10 Å². The van der Waals surface area contributed by atoms with Gasteiger partial charge in [0.1, 0.15) is 0 Å². The quantitative estimate of drug-likeness (QED) is 0.843. The number of carbonyl (C=O) groups is 2. The average Bonchev–Trinajstić information content (AvgIpc) is 3.11. The number of benzene rings is 1. The van der Waals surface area contributed by atoms with E-state index in [1.165, 1.54) is 6.20 Å². The zero-order valence-electron chi connectivity index (χ0n) is 13.2. The van der Waals surface area contributed by atoms with Gasteiger partial charge in [0, 0.05) is 24.2 Å². The van der Waals surface area contributed by atoms with Crippen molar-refractivity contribution in [1.82, 2.24) is 14.7 Å². The summed E-state index contributed by atoms with van der Waals surface area (Å²) in [6, 6.07) is 10.1. The largest absolute Gasteiger partial charge is 0.478 e. The predicted molar refractivity (Wildman–Crippen MR) is 91.2 cm³/mol. The Balaban J connectivity index is 1.49. The van der Waals surface area contributed by atoms with Crippen molar-refractivity contribution in [3.8, 4) is 0 Å². The van der Waals surface area contributed by atoms with Crippen LogP contribution in [0.2, 0.25) is 0 Å². The summed E-state index contributed by atoms with van der Waals surface area (Å²) in [5.41, 5.74) is 0.202. The van der Waals surface area contributed by atoms with Crippen LogP contribution in [0.5, 0.6) is 0 Å². The highest BCUT2D eigenvalue weighted by molar-refractivity contribution is 8.00. The van der Waals surface area contributed by atoms with Crippen molar-refractivity contribution in [3.05, 3.63) is 48.3 Å². The van der Waals surface area contributed by atoms with E-state index in [0.717, 1.165) is 17.7 Å². The predicted octanol–water partition coefficient (Wildman–Crippen LogP) is 2.54. The summed E-state index contributed by atoms with van der Waals surface area (Å²) in [5, 5.41) is 13.1. The first kappa shape index (κ1) is 16.6. The molecule has 24 heavy (non-hydrogen) atoms. The SMILES string of the molecule is O=C(O)c1cnn(C2CCN(C(=O)CSc3ccccc3)CC2)c1. The molecule has 2 heterocycles. The van der Waals surface area contributed by atoms with Crippen molar-refractivity contribution >= 4 is 23.6 Å². The van der Waals surface area contributed by atoms with Crippen LogP contribution in [0, 0.1) is 0 Å². The second kappa shape index (κ2) is 7.53. The Morgan fingerprint density at radius 1 is 1.21 bits per heavy atom. The van der Waals surface area contributed by atoms with Crippen molar-refractivity contribution in [1.29, 1.82) is 0 Å². The van der Waals surface area contributed by atoms with Crippen LogP contribution in [0.15, 0.2) is 47.6 Å². The molecule has 1 saturated heterocycles. The maximum atomic E-state index is 12.3. The summed E-state index contributed by atoms with van der Waals surface area (Å²) in [6.07, 6.45) is 4.52. The summed E-state index contributed by atoms with van der Waals surface area (Å²) in [6.45, 7) is 1.36. The number of carboxylic acids is 1. The average molecular weight is 345 g/mol. The van der Waals surface area contributed by atoms with Gasteiger partial charge in [-0.1, -0.05) is 18.2 Å². The highest BCUT2D eigenvalue weighted by atomic mass is 32.2. The fraction of sp³-hybridized carbons (Fsp3) is 0.353. The van der Waals surface area contributed by atoms with Gasteiger partial charge in [0.05, 0.1) is 23.6 Å². The molecule has 6 nitrogen and oxygen atoms in total. The van der Waals surface area contributed by atoms with Crippen LogP contribution in [0.1, 0.15) is 29.2 Å². The van der Waals surface area contributed by atoms with Gasteiger partial charge < -0.3 is 10.0 Å². The van der Waals surface area contributed by atoms with Crippen LogP contribution < -0.4 is 0 Å². The molecule has 0 saturated carbocycles. The summed E-state index contributed by atoms with van der Waals surface area (Å²) in [4.78, 5) is 26.2. The third-order valence-electron chi connectivity index (χ3n) is 4.15. The molecule has 0 atom stereocenters. The van der Waals surface area contributed by atoms with Gasteiger partial charge in [0.15, 0.2) is 0 Å². The highest BCUT2D eigenvalue weighted by Gasteiger charge is 2.24. The van der Waals surface area contributed by atoms with Crippen molar-refractivity contribution < 1.29 is 14.7 Å². The molecule has 0 aliphatic carbocycles. The second-order valence-corrected chi connectivity index (χ2v) is 6.78. The number of nitrogens with zero attached hydrogens (tertiary/aromatic N) is 3. The molecule has 1 amide bonds. The first-order valence-corrected chi connectivity index (χ1v) is 8.85. The second-order valence-electron chi connectivity index (χ2n) is 5.73. The topological polar surface area (TPSA) is 75.4 Å². The Bertz CT molecular complexity index is 709. The maximum Gasteiger partial charge on any atom is 0.338 e. The Kier molecular flexibility index (Phi) is 5.20. The van der Waals surface area contributed by atoms with Gasteiger partial charge in [-0.25, -0.2) is 4.79 Å². The van der Waals surface area contributed by atoms with Crippen LogP contribution in [-0.2, 0) is 4.79 Å². The number of thioether (sulfide) groups is 1. The molecule has 1 aromatic carbocycles. The van der Waals surface area contributed by atoms with E-state index in [4.69, 9.17) is 5.11 Å². The summed E-state index contributed by atoms with van der Waals surface area (Å²) >= 11 is 1.55. The van der Waals surface area contributed by atoms with E-state index in [1.807, 2.05) is 35.2 Å². The number of hydrogen-bond acceptors (Lipinski definition) is 4. The molecule has 1 fully saturated rings. The summed E-state index contributed by atoms with van der Waals surface area (Å²) in [5.74, 6) is -0.375. The molecule has 0 spiro atoms. The van der Waals surface area contributed by atoms with E-state index < -0.39 is 5.97 Å². The van der Waals surface area contributed by atoms with E-state index in [0.29, 0.717) is 18.8 Å². The first-order valence-electron chi connectivity index (χ1n) is 7.86. The third-order valence-corrected chi connectivity index (χ3v) is 5.14. The maximum absolute atomic E-state index is 12.3. The monoisotopic (exact) mass is 345 g/mol. The minimum absolute atomic E-state index is 0.147. The van der Waals surface area contributed by atoms with E-state index in [1.54, 1.807) is 22.6 Å². The van der Waals surface area contributed by atoms with Crippen LogP contribution in [0.4, 0.5) is 0 Å². The van der Waals surface area contributed by atoms with E-state index in [9.17, 15) is 9.59 Å². The summed E-state index contributed by atoms with van der Waals surface area (Å²) in [7, 11) is 0. The lowest BCUT2D eigenvalue weighted by Gasteiger charge is -2.32.